The summed E-state index contributed by atoms with van der Waals surface area (Å²) in [5.41, 5.74) is 0. The number of esters is 2. The van der Waals surface area contributed by atoms with Crippen LogP contribution in [0, 0.1) is 0 Å². The van der Waals surface area contributed by atoms with E-state index in [1.807, 2.05) is 21.1 Å². The molecule has 0 aromatic rings. The van der Waals surface area contributed by atoms with Gasteiger partial charge in [-0.15, -0.1) is 0 Å². The molecule has 0 radical (unpaired) electrons. The van der Waals surface area contributed by atoms with Gasteiger partial charge in [0.05, 0.1) is 27.7 Å². The maximum absolute atomic E-state index is 12.7. The van der Waals surface area contributed by atoms with Crippen molar-refractivity contribution < 1.29 is 42.1 Å². The highest BCUT2D eigenvalue weighted by molar-refractivity contribution is 7.47. The standard InChI is InChI=1S/C44H84NO8P/c1-6-8-10-12-14-16-18-20-21-22-23-25-26-28-30-32-34-36-43(46)50-40-42(41-52-54(48,49)51-39-38-45(3,4)5)53-44(47)37-35-33-31-29-27-24-19-17-15-13-11-9-7-2/h23,25,28,30,42H,6-22,24,26-27,29,31-41H2,1-5H3/p+1/b25-23+,30-28+/t42-/m1/s1. The largest absolute Gasteiger partial charge is 0.472 e. The van der Waals surface area contributed by atoms with E-state index in [0.29, 0.717) is 23.9 Å². The fraction of sp³-hybridized carbons (Fsp3) is 0.864. The number of carbonyl (C=O) groups is 2. The van der Waals surface area contributed by atoms with Crippen molar-refractivity contribution in [2.45, 2.75) is 200 Å². The zero-order valence-corrected chi connectivity index (χ0v) is 36.6. The second-order valence-electron chi connectivity index (χ2n) is 16.1. The first-order valence-corrected chi connectivity index (χ1v) is 23.6. The Bertz CT molecular complexity index is 980. The van der Waals surface area contributed by atoms with E-state index < -0.39 is 32.5 Å². The van der Waals surface area contributed by atoms with E-state index in [1.165, 1.54) is 122 Å². The van der Waals surface area contributed by atoms with Crippen molar-refractivity contribution in [1.82, 2.24) is 0 Å². The predicted octanol–water partition coefficient (Wildman–Crippen LogP) is 12.4. The normalized spacial score (nSPS) is 13.8. The third-order valence-electron chi connectivity index (χ3n) is 9.48. The number of unbranched alkanes of at least 4 members (excludes halogenated alkanes) is 22. The number of likely N-dealkylation sites (N-methyl/N-ethyl adjacent to an activating group) is 1. The first-order chi connectivity index (χ1) is 26.0. The fourth-order valence-corrected chi connectivity index (χ4v) is 6.74. The van der Waals surface area contributed by atoms with Crippen molar-refractivity contribution in [2.24, 2.45) is 0 Å². The van der Waals surface area contributed by atoms with Crippen molar-refractivity contribution in [3.05, 3.63) is 24.3 Å². The van der Waals surface area contributed by atoms with Gasteiger partial charge in [0, 0.05) is 12.8 Å². The average molecular weight is 787 g/mol. The number of quaternary nitrogens is 1. The van der Waals surface area contributed by atoms with Crippen LogP contribution < -0.4 is 0 Å². The van der Waals surface area contributed by atoms with Gasteiger partial charge in [0.2, 0.25) is 0 Å². The molecule has 0 heterocycles. The molecule has 0 aromatic heterocycles. The Morgan fingerprint density at radius 1 is 0.574 bits per heavy atom. The van der Waals surface area contributed by atoms with E-state index in [0.717, 1.165) is 32.1 Å². The average Bonchev–Trinajstić information content (AvgIpc) is 3.12. The third-order valence-corrected chi connectivity index (χ3v) is 10.5. The minimum Gasteiger partial charge on any atom is -0.462 e. The van der Waals surface area contributed by atoms with E-state index in [9.17, 15) is 19.0 Å². The van der Waals surface area contributed by atoms with Crippen LogP contribution in [0.4, 0.5) is 0 Å². The van der Waals surface area contributed by atoms with Crippen molar-refractivity contribution in [1.29, 1.82) is 0 Å². The van der Waals surface area contributed by atoms with E-state index in [4.69, 9.17) is 18.5 Å². The Labute approximate surface area is 332 Å². The number of nitrogens with zero attached hydrogens (tertiary/aromatic N) is 1. The molecule has 0 aliphatic carbocycles. The monoisotopic (exact) mass is 787 g/mol. The van der Waals surface area contributed by atoms with Crippen molar-refractivity contribution in [2.75, 3.05) is 47.5 Å². The molecular formula is C44H85NO8P+. The third kappa shape index (κ3) is 40.2. The van der Waals surface area contributed by atoms with Crippen LogP contribution in [0.5, 0.6) is 0 Å². The molecule has 54 heavy (non-hydrogen) atoms. The molecule has 2 atom stereocenters. The van der Waals surface area contributed by atoms with E-state index >= 15 is 0 Å². The Morgan fingerprint density at radius 3 is 1.52 bits per heavy atom. The highest BCUT2D eigenvalue weighted by atomic mass is 31.2. The number of allylic oxidation sites excluding steroid dienone is 4. The summed E-state index contributed by atoms with van der Waals surface area (Å²) >= 11 is 0. The predicted molar refractivity (Wildman–Crippen MR) is 224 cm³/mol. The Kier molecular flexibility index (Phi) is 36.1. The molecule has 0 saturated carbocycles. The molecule has 0 aromatic carbocycles. The minimum absolute atomic E-state index is 0.0276. The van der Waals surface area contributed by atoms with Crippen molar-refractivity contribution in [3.63, 3.8) is 0 Å². The van der Waals surface area contributed by atoms with Crippen LogP contribution in [0.25, 0.3) is 0 Å². The molecule has 0 saturated heterocycles. The summed E-state index contributed by atoms with van der Waals surface area (Å²) in [4.78, 5) is 35.3. The molecule has 0 fully saturated rings. The summed E-state index contributed by atoms with van der Waals surface area (Å²) in [6, 6.07) is 0. The van der Waals surface area contributed by atoms with Gasteiger partial charge in [-0.3, -0.25) is 18.6 Å². The van der Waals surface area contributed by atoms with Crippen molar-refractivity contribution >= 4 is 19.8 Å². The summed E-state index contributed by atoms with van der Waals surface area (Å²) in [6.45, 7) is 4.38. The van der Waals surface area contributed by atoms with Gasteiger partial charge >= 0.3 is 19.8 Å². The van der Waals surface area contributed by atoms with Gasteiger partial charge in [0.1, 0.15) is 19.8 Å². The quantitative estimate of drug-likeness (QED) is 0.0215. The molecule has 318 valence electrons. The highest BCUT2D eigenvalue weighted by Gasteiger charge is 2.27. The summed E-state index contributed by atoms with van der Waals surface area (Å²) in [7, 11) is 1.46. The van der Waals surface area contributed by atoms with E-state index in [-0.39, 0.29) is 26.1 Å². The first kappa shape index (κ1) is 52.5. The molecule has 0 aliphatic rings. The van der Waals surface area contributed by atoms with Gasteiger partial charge in [0.25, 0.3) is 0 Å². The molecule has 0 rings (SSSR count). The zero-order chi connectivity index (χ0) is 40.0. The maximum atomic E-state index is 12.7. The Balaban J connectivity index is 4.40. The molecule has 1 unspecified atom stereocenters. The topological polar surface area (TPSA) is 108 Å². The SMILES string of the molecule is CCCCCCCCCCC/C=C/C/C=C/CCCC(=O)OC[C@H](COP(=O)(O)OCC[N+](C)(C)C)OC(=O)CCCCCCCCCCCCCCC. The minimum atomic E-state index is -4.38. The number of phosphoric ester groups is 1. The number of rotatable bonds is 40. The molecule has 1 N–H and O–H groups in total. The molecule has 0 amide bonds. The fourth-order valence-electron chi connectivity index (χ4n) is 5.99. The zero-order valence-electron chi connectivity index (χ0n) is 35.7. The van der Waals surface area contributed by atoms with Crippen LogP contribution in [0.15, 0.2) is 24.3 Å². The molecular weight excluding hydrogens is 701 g/mol. The summed E-state index contributed by atoms with van der Waals surface area (Å²) in [5.74, 6) is -0.845. The van der Waals surface area contributed by atoms with Crippen molar-refractivity contribution in [3.8, 4) is 0 Å². The van der Waals surface area contributed by atoms with Crippen LogP contribution >= 0.6 is 7.82 Å². The lowest BCUT2D eigenvalue weighted by Crippen LogP contribution is -2.37. The van der Waals surface area contributed by atoms with E-state index in [2.05, 4.69) is 38.2 Å². The van der Waals surface area contributed by atoms with Gasteiger partial charge in [-0.05, 0) is 38.5 Å². The van der Waals surface area contributed by atoms with Crippen LogP contribution in [0.1, 0.15) is 194 Å². The molecule has 9 nitrogen and oxygen atoms in total. The molecule has 0 aliphatic heterocycles. The second-order valence-corrected chi connectivity index (χ2v) is 17.5. The van der Waals surface area contributed by atoms with Gasteiger partial charge in [-0.2, -0.15) is 0 Å². The number of carbonyl (C=O) groups excluding carboxylic acids is 2. The van der Waals surface area contributed by atoms with Gasteiger partial charge in [0.15, 0.2) is 6.10 Å². The van der Waals surface area contributed by atoms with Gasteiger partial charge in [-0.1, -0.05) is 167 Å². The second kappa shape index (κ2) is 37.1. The number of hydrogen-bond acceptors (Lipinski definition) is 7. The molecule has 0 bridgehead atoms. The summed E-state index contributed by atoms with van der Waals surface area (Å²) < 4.78 is 34.2. The smallest absolute Gasteiger partial charge is 0.462 e. The summed E-state index contributed by atoms with van der Waals surface area (Å²) in [5, 5.41) is 0. The molecule has 0 spiro atoms. The Morgan fingerprint density at radius 2 is 1.02 bits per heavy atom. The van der Waals surface area contributed by atoms with Crippen LogP contribution in [-0.2, 0) is 32.7 Å². The lowest BCUT2D eigenvalue weighted by molar-refractivity contribution is -0.870. The van der Waals surface area contributed by atoms with Gasteiger partial charge in [-0.25, -0.2) is 4.57 Å². The van der Waals surface area contributed by atoms with Crippen LogP contribution in [0.2, 0.25) is 0 Å². The van der Waals surface area contributed by atoms with Crippen LogP contribution in [0.3, 0.4) is 0 Å². The van der Waals surface area contributed by atoms with E-state index in [1.54, 1.807) is 0 Å². The summed E-state index contributed by atoms with van der Waals surface area (Å²) in [6.07, 6.45) is 39.4. The Hall–Kier alpha value is -1.51. The number of phosphoric acid groups is 1. The highest BCUT2D eigenvalue weighted by Crippen LogP contribution is 2.43. The van der Waals surface area contributed by atoms with Crippen LogP contribution in [-0.4, -0.2) is 74.9 Å². The first-order valence-electron chi connectivity index (χ1n) is 22.1. The number of ether oxygens (including phenoxy) is 2. The lowest BCUT2D eigenvalue weighted by Gasteiger charge is -2.24. The maximum Gasteiger partial charge on any atom is 0.472 e. The van der Waals surface area contributed by atoms with Gasteiger partial charge < -0.3 is 18.9 Å². The lowest BCUT2D eigenvalue weighted by atomic mass is 10.0. The molecule has 10 heteroatoms. The number of hydrogen-bond donors (Lipinski definition) is 1.